The number of nitrogens with two attached hydrogens (primary N) is 1. The summed E-state index contributed by atoms with van der Waals surface area (Å²) in [4.78, 5) is 11.0. The first-order chi connectivity index (χ1) is 9.63. The minimum absolute atomic E-state index is 0.0404. The van der Waals surface area contributed by atoms with Gasteiger partial charge in [-0.05, 0) is 30.0 Å². The van der Waals surface area contributed by atoms with Gasteiger partial charge in [-0.3, -0.25) is 14.5 Å². The summed E-state index contributed by atoms with van der Waals surface area (Å²) in [6.45, 7) is 0. The van der Waals surface area contributed by atoms with Crippen LogP contribution in [0.5, 0.6) is 0 Å². The first kappa shape index (κ1) is 12.4. The van der Waals surface area contributed by atoms with E-state index in [4.69, 9.17) is 5.73 Å². The van der Waals surface area contributed by atoms with Crippen LogP contribution in [0.1, 0.15) is 0 Å². The second kappa shape index (κ2) is 4.82. The van der Waals surface area contributed by atoms with E-state index in [-0.39, 0.29) is 5.69 Å². The van der Waals surface area contributed by atoms with Crippen LogP contribution in [0.3, 0.4) is 0 Å². The summed E-state index contributed by atoms with van der Waals surface area (Å²) >= 11 is 1.27. The van der Waals surface area contributed by atoms with E-state index in [0.29, 0.717) is 21.4 Å². The van der Waals surface area contributed by atoms with Gasteiger partial charge in [-0.25, -0.2) is 0 Å². The summed E-state index contributed by atoms with van der Waals surface area (Å²) in [5.74, 6) is 0. The van der Waals surface area contributed by atoms with E-state index in [9.17, 15) is 10.1 Å². The van der Waals surface area contributed by atoms with Crippen molar-refractivity contribution in [3.8, 4) is 0 Å². The van der Waals surface area contributed by atoms with Gasteiger partial charge in [0, 0.05) is 28.9 Å². The number of aromatic nitrogens is 3. The van der Waals surface area contributed by atoms with Crippen LogP contribution in [-0.4, -0.2) is 19.5 Å². The highest BCUT2D eigenvalue weighted by atomic mass is 32.2. The molecule has 0 atom stereocenters. The fourth-order valence-corrected chi connectivity index (χ4v) is 2.68. The summed E-state index contributed by atoms with van der Waals surface area (Å²) in [6, 6.07) is 10.0. The average Bonchev–Trinajstić information content (AvgIpc) is 2.82. The van der Waals surface area contributed by atoms with Crippen LogP contribution in [0.2, 0.25) is 0 Å². The molecule has 20 heavy (non-hydrogen) atoms. The number of pyridine rings is 1. The second-order valence-electron chi connectivity index (χ2n) is 4.03. The number of hydrogen-bond donors (Lipinski definition) is 1. The zero-order valence-corrected chi connectivity index (χ0v) is 10.9. The molecule has 0 amide bonds. The number of anilines is 1. The lowest BCUT2D eigenvalue weighted by Crippen LogP contribution is -1.93. The van der Waals surface area contributed by atoms with Gasteiger partial charge in [-0.15, -0.1) is 10.2 Å². The molecule has 0 fully saturated rings. The van der Waals surface area contributed by atoms with E-state index in [0.717, 1.165) is 0 Å². The predicted molar refractivity (Wildman–Crippen MR) is 74.6 cm³/mol. The van der Waals surface area contributed by atoms with Crippen molar-refractivity contribution in [1.82, 2.24) is 14.6 Å². The molecule has 0 aliphatic rings. The van der Waals surface area contributed by atoms with Gasteiger partial charge in [0.2, 0.25) is 0 Å². The van der Waals surface area contributed by atoms with Crippen molar-refractivity contribution >= 4 is 28.8 Å². The third-order valence-corrected chi connectivity index (χ3v) is 3.55. The maximum Gasteiger partial charge on any atom is 0.272 e. The minimum Gasteiger partial charge on any atom is -0.398 e. The Morgan fingerprint density at radius 1 is 1.25 bits per heavy atom. The molecule has 2 heterocycles. The molecule has 3 rings (SSSR count). The molecule has 0 spiro atoms. The van der Waals surface area contributed by atoms with Crippen molar-refractivity contribution in [3.63, 3.8) is 0 Å². The molecule has 0 radical (unpaired) electrons. The summed E-state index contributed by atoms with van der Waals surface area (Å²) in [7, 11) is 0. The van der Waals surface area contributed by atoms with E-state index < -0.39 is 4.92 Å². The SMILES string of the molecule is Nc1cc(Sc2nnc3ccccn23)cc([N+](=O)[O-])c1. The van der Waals surface area contributed by atoms with Crippen molar-refractivity contribution in [3.05, 3.63) is 52.7 Å². The third-order valence-electron chi connectivity index (χ3n) is 2.62. The Morgan fingerprint density at radius 3 is 2.90 bits per heavy atom. The smallest absolute Gasteiger partial charge is 0.272 e. The van der Waals surface area contributed by atoms with Crippen molar-refractivity contribution in [2.24, 2.45) is 0 Å². The maximum atomic E-state index is 10.8. The van der Waals surface area contributed by atoms with E-state index in [1.54, 1.807) is 10.5 Å². The standard InChI is InChI=1S/C12H9N5O2S/c13-8-5-9(17(18)19)7-10(6-8)20-12-15-14-11-3-1-2-4-16(11)12/h1-7H,13H2. The second-order valence-corrected chi connectivity index (χ2v) is 5.07. The van der Waals surface area contributed by atoms with Gasteiger partial charge >= 0.3 is 0 Å². The Morgan fingerprint density at radius 2 is 2.10 bits per heavy atom. The number of nitro benzene ring substituents is 1. The zero-order valence-electron chi connectivity index (χ0n) is 10.1. The fraction of sp³-hybridized carbons (Fsp3) is 0. The highest BCUT2D eigenvalue weighted by molar-refractivity contribution is 7.99. The molecule has 0 aliphatic carbocycles. The van der Waals surface area contributed by atoms with Gasteiger partial charge in [-0.1, -0.05) is 6.07 Å². The van der Waals surface area contributed by atoms with Gasteiger partial charge in [-0.2, -0.15) is 0 Å². The van der Waals surface area contributed by atoms with Crippen LogP contribution in [-0.2, 0) is 0 Å². The Bertz CT molecular complexity index is 801. The van der Waals surface area contributed by atoms with Crippen molar-refractivity contribution in [2.45, 2.75) is 10.1 Å². The van der Waals surface area contributed by atoms with E-state index in [1.807, 2.05) is 24.4 Å². The quantitative estimate of drug-likeness (QED) is 0.451. The molecular weight excluding hydrogens is 278 g/mol. The molecule has 0 bridgehead atoms. The number of fused-ring (bicyclic) bond motifs is 1. The number of non-ortho nitro benzene ring substituents is 1. The number of nitrogen functional groups attached to an aromatic ring is 1. The van der Waals surface area contributed by atoms with E-state index in [2.05, 4.69) is 10.2 Å². The van der Waals surface area contributed by atoms with Gasteiger partial charge in [0.15, 0.2) is 10.8 Å². The average molecular weight is 287 g/mol. The maximum absolute atomic E-state index is 10.8. The molecule has 0 aliphatic heterocycles. The minimum atomic E-state index is -0.470. The summed E-state index contributed by atoms with van der Waals surface area (Å²) in [5.41, 5.74) is 6.70. The number of nitrogens with zero attached hydrogens (tertiary/aromatic N) is 4. The number of hydrogen-bond acceptors (Lipinski definition) is 6. The lowest BCUT2D eigenvalue weighted by atomic mass is 10.3. The van der Waals surface area contributed by atoms with Crippen LogP contribution >= 0.6 is 11.8 Å². The Balaban J connectivity index is 2.00. The van der Waals surface area contributed by atoms with Gasteiger partial charge in [0.1, 0.15) is 0 Å². The number of benzene rings is 1. The molecule has 0 saturated heterocycles. The van der Waals surface area contributed by atoms with Crippen molar-refractivity contribution in [2.75, 3.05) is 5.73 Å². The molecule has 3 aromatic rings. The highest BCUT2D eigenvalue weighted by Gasteiger charge is 2.12. The highest BCUT2D eigenvalue weighted by Crippen LogP contribution is 2.31. The monoisotopic (exact) mass is 287 g/mol. The Kier molecular flexibility index (Phi) is 2.99. The molecule has 1 aromatic carbocycles. The molecule has 7 nitrogen and oxygen atoms in total. The summed E-state index contributed by atoms with van der Waals surface area (Å²) in [6.07, 6.45) is 1.83. The van der Waals surface area contributed by atoms with E-state index in [1.165, 1.54) is 23.9 Å². The predicted octanol–water partition coefficient (Wildman–Crippen LogP) is 2.37. The van der Waals surface area contributed by atoms with Crippen LogP contribution in [0.4, 0.5) is 11.4 Å². The van der Waals surface area contributed by atoms with Gasteiger partial charge in [0.05, 0.1) is 4.92 Å². The van der Waals surface area contributed by atoms with Crippen molar-refractivity contribution < 1.29 is 4.92 Å². The van der Waals surface area contributed by atoms with E-state index >= 15 is 0 Å². The Hall–Kier alpha value is -2.61. The van der Waals surface area contributed by atoms with Gasteiger partial charge in [0.25, 0.3) is 5.69 Å². The molecule has 100 valence electrons. The molecule has 2 aromatic heterocycles. The van der Waals surface area contributed by atoms with Crippen LogP contribution < -0.4 is 5.73 Å². The third kappa shape index (κ3) is 2.28. The first-order valence-corrected chi connectivity index (χ1v) is 6.48. The van der Waals surface area contributed by atoms with Crippen LogP contribution in [0.15, 0.2) is 52.6 Å². The summed E-state index contributed by atoms with van der Waals surface area (Å²) < 4.78 is 1.81. The molecule has 0 unspecified atom stereocenters. The lowest BCUT2D eigenvalue weighted by molar-refractivity contribution is -0.385. The Labute approximate surface area is 117 Å². The normalized spacial score (nSPS) is 10.8. The molecule has 8 heteroatoms. The molecule has 2 N–H and O–H groups in total. The van der Waals surface area contributed by atoms with Crippen LogP contribution in [0.25, 0.3) is 5.65 Å². The zero-order chi connectivity index (χ0) is 14.1. The van der Waals surface area contributed by atoms with Crippen LogP contribution in [0, 0.1) is 10.1 Å². The lowest BCUT2D eigenvalue weighted by Gasteiger charge is -2.02. The summed E-state index contributed by atoms with van der Waals surface area (Å²) in [5, 5.41) is 19.5. The molecular formula is C12H9N5O2S. The first-order valence-electron chi connectivity index (χ1n) is 5.66. The largest absolute Gasteiger partial charge is 0.398 e. The molecule has 0 saturated carbocycles. The van der Waals surface area contributed by atoms with Gasteiger partial charge < -0.3 is 5.73 Å². The topological polar surface area (TPSA) is 99.3 Å². The fourth-order valence-electron chi connectivity index (χ4n) is 1.76. The number of nitro groups is 1. The van der Waals surface area contributed by atoms with Crippen molar-refractivity contribution in [1.29, 1.82) is 0 Å². The number of rotatable bonds is 3.